The van der Waals surface area contributed by atoms with Gasteiger partial charge in [0.1, 0.15) is 0 Å². The molecular weight excluding hydrogens is 286 g/mol. The van der Waals surface area contributed by atoms with E-state index in [9.17, 15) is 19.2 Å². The minimum atomic E-state index is -0.533. The first-order chi connectivity index (χ1) is 10.4. The zero-order valence-electron chi connectivity index (χ0n) is 12.8. The summed E-state index contributed by atoms with van der Waals surface area (Å²) in [6, 6.07) is -0.400. The fourth-order valence-corrected chi connectivity index (χ4v) is 3.02. The number of nitrogens with one attached hydrogen (secondary N) is 1. The molecule has 2 heterocycles. The Balaban J connectivity index is 1.85. The molecule has 0 aliphatic carbocycles. The van der Waals surface area contributed by atoms with Gasteiger partial charge in [-0.2, -0.15) is 0 Å². The van der Waals surface area contributed by atoms with Gasteiger partial charge in [-0.15, -0.1) is 0 Å². The van der Waals surface area contributed by atoms with Gasteiger partial charge in [0.2, 0.25) is 17.7 Å². The average molecular weight is 309 g/mol. The number of hydrogen-bond donors (Lipinski definition) is 2. The molecule has 3 N–H and O–H groups in total. The number of nitrogens with two attached hydrogens (primary N) is 1. The maximum Gasteiger partial charge on any atom is 0.223 e. The molecule has 2 aliphatic heterocycles. The van der Waals surface area contributed by atoms with Crippen molar-refractivity contribution in [3.05, 3.63) is 0 Å². The first kappa shape index (κ1) is 16.5. The van der Waals surface area contributed by atoms with Gasteiger partial charge in [0.15, 0.2) is 5.78 Å². The molecule has 3 atom stereocenters. The number of carbonyl (C=O) groups is 4. The zero-order valence-corrected chi connectivity index (χ0v) is 12.8. The van der Waals surface area contributed by atoms with Gasteiger partial charge in [0, 0.05) is 24.8 Å². The van der Waals surface area contributed by atoms with Crippen LogP contribution in [0.2, 0.25) is 0 Å². The highest BCUT2D eigenvalue weighted by atomic mass is 16.2. The van der Waals surface area contributed by atoms with Crippen LogP contribution in [-0.4, -0.2) is 47.0 Å². The van der Waals surface area contributed by atoms with Crippen molar-refractivity contribution in [3.8, 4) is 0 Å². The van der Waals surface area contributed by atoms with E-state index in [-0.39, 0.29) is 42.5 Å². The molecule has 2 saturated heterocycles. The Morgan fingerprint density at radius 3 is 2.73 bits per heavy atom. The van der Waals surface area contributed by atoms with Crippen LogP contribution in [-0.2, 0) is 19.2 Å². The number of carbonyl (C=O) groups excluding carboxylic acids is 4. The maximum atomic E-state index is 12.2. The van der Waals surface area contributed by atoms with Crippen molar-refractivity contribution in [2.45, 2.75) is 57.5 Å². The number of fused-ring (bicyclic) bond motifs is 1. The second-order valence-electron chi connectivity index (χ2n) is 6.22. The van der Waals surface area contributed by atoms with Crippen LogP contribution in [0.3, 0.4) is 0 Å². The van der Waals surface area contributed by atoms with E-state index in [0.29, 0.717) is 19.3 Å². The van der Waals surface area contributed by atoms with E-state index in [2.05, 4.69) is 5.32 Å². The predicted molar refractivity (Wildman–Crippen MR) is 78.5 cm³/mol. The van der Waals surface area contributed by atoms with Gasteiger partial charge in [-0.1, -0.05) is 6.92 Å². The lowest BCUT2D eigenvalue weighted by Gasteiger charge is -2.20. The van der Waals surface area contributed by atoms with Gasteiger partial charge in [-0.3, -0.25) is 19.2 Å². The smallest absolute Gasteiger partial charge is 0.223 e. The van der Waals surface area contributed by atoms with E-state index < -0.39 is 11.9 Å². The zero-order chi connectivity index (χ0) is 16.3. The summed E-state index contributed by atoms with van der Waals surface area (Å²) in [5, 5.41) is 2.73. The van der Waals surface area contributed by atoms with Crippen molar-refractivity contribution >= 4 is 23.5 Å². The lowest BCUT2D eigenvalue weighted by Crippen LogP contribution is -2.44. The summed E-state index contributed by atoms with van der Waals surface area (Å²) in [6.45, 7) is 1.76. The van der Waals surface area contributed by atoms with Crippen molar-refractivity contribution in [2.75, 3.05) is 6.54 Å². The molecule has 122 valence electrons. The highest BCUT2D eigenvalue weighted by molar-refractivity contribution is 5.93. The van der Waals surface area contributed by atoms with Crippen molar-refractivity contribution in [1.82, 2.24) is 10.2 Å². The van der Waals surface area contributed by atoms with Gasteiger partial charge >= 0.3 is 0 Å². The third-order valence-electron chi connectivity index (χ3n) is 4.58. The number of hydrogen-bond acceptors (Lipinski definition) is 4. The SMILES string of the molecule is C[C@@H](CCC(=O)N[C@H]1CC[C@H]2CCC(=O)N2CC1=O)C(N)=O. The molecule has 0 unspecified atom stereocenters. The Labute approximate surface area is 129 Å². The van der Waals surface area contributed by atoms with E-state index in [4.69, 9.17) is 5.73 Å². The van der Waals surface area contributed by atoms with Crippen LogP contribution < -0.4 is 11.1 Å². The maximum absolute atomic E-state index is 12.2. The largest absolute Gasteiger partial charge is 0.369 e. The van der Waals surface area contributed by atoms with Crippen LogP contribution in [0.15, 0.2) is 0 Å². The van der Waals surface area contributed by atoms with Crippen molar-refractivity contribution in [2.24, 2.45) is 11.7 Å². The number of Topliss-reactive ketones (excluding diaryl/α,β-unsaturated/α-hetero) is 1. The minimum absolute atomic E-state index is 0.0283. The van der Waals surface area contributed by atoms with Crippen molar-refractivity contribution < 1.29 is 19.2 Å². The van der Waals surface area contributed by atoms with Crippen molar-refractivity contribution in [1.29, 1.82) is 0 Å². The molecule has 2 rings (SSSR count). The predicted octanol–water partition coefficient (Wildman–Crippen LogP) is -0.273. The molecular formula is C15H23N3O4. The number of ketones is 1. The second kappa shape index (κ2) is 6.89. The molecule has 0 aromatic carbocycles. The Bertz CT molecular complexity index is 491. The third-order valence-corrected chi connectivity index (χ3v) is 4.58. The number of primary amides is 1. The number of rotatable bonds is 5. The van der Waals surface area contributed by atoms with Crippen LogP contribution in [0.1, 0.15) is 45.4 Å². The lowest BCUT2D eigenvalue weighted by molar-refractivity contribution is -0.134. The van der Waals surface area contributed by atoms with Gasteiger partial charge in [0.05, 0.1) is 12.6 Å². The van der Waals surface area contributed by atoms with Gasteiger partial charge in [-0.25, -0.2) is 0 Å². The summed E-state index contributed by atoms with van der Waals surface area (Å²) in [4.78, 5) is 48.4. The van der Waals surface area contributed by atoms with Crippen LogP contribution in [0.25, 0.3) is 0 Å². The molecule has 7 nitrogen and oxygen atoms in total. The molecule has 0 aromatic heterocycles. The Morgan fingerprint density at radius 1 is 1.32 bits per heavy atom. The van der Waals surface area contributed by atoms with E-state index in [1.165, 1.54) is 0 Å². The summed E-state index contributed by atoms with van der Waals surface area (Å²) in [6.07, 6.45) is 3.14. The molecule has 3 amide bonds. The topological polar surface area (TPSA) is 110 Å². The van der Waals surface area contributed by atoms with Crippen LogP contribution in [0.5, 0.6) is 0 Å². The highest BCUT2D eigenvalue weighted by Crippen LogP contribution is 2.26. The quantitative estimate of drug-likeness (QED) is 0.728. The first-order valence-electron chi connectivity index (χ1n) is 7.79. The molecule has 7 heteroatoms. The third kappa shape index (κ3) is 3.84. The van der Waals surface area contributed by atoms with Gasteiger partial charge in [0.25, 0.3) is 0 Å². The minimum Gasteiger partial charge on any atom is -0.369 e. The molecule has 0 aromatic rings. The molecule has 0 radical (unpaired) electrons. The van der Waals surface area contributed by atoms with E-state index in [1.807, 2.05) is 0 Å². The monoisotopic (exact) mass is 309 g/mol. The summed E-state index contributed by atoms with van der Waals surface area (Å²) in [5.41, 5.74) is 5.15. The molecule has 22 heavy (non-hydrogen) atoms. The van der Waals surface area contributed by atoms with Crippen LogP contribution >= 0.6 is 0 Å². The molecule has 0 spiro atoms. The summed E-state index contributed by atoms with van der Waals surface area (Å²) in [7, 11) is 0. The molecule has 2 fully saturated rings. The normalized spacial score (nSPS) is 26.3. The average Bonchev–Trinajstić information content (AvgIpc) is 2.72. The fraction of sp³-hybridized carbons (Fsp3) is 0.733. The number of amides is 3. The Morgan fingerprint density at radius 2 is 2.05 bits per heavy atom. The lowest BCUT2D eigenvalue weighted by atomic mass is 10.0. The fourth-order valence-electron chi connectivity index (χ4n) is 3.02. The van der Waals surface area contributed by atoms with Gasteiger partial charge < -0.3 is 16.0 Å². The standard InChI is InChI=1S/C15H23N3O4/c1-9(15(16)22)2-6-13(20)17-11-5-3-10-4-7-14(21)18(10)8-12(11)19/h9-11H,2-8H2,1H3,(H2,16,22)(H,17,20)/t9-,10-,11-/m0/s1. The Kier molecular flexibility index (Phi) is 5.15. The van der Waals surface area contributed by atoms with E-state index in [0.717, 1.165) is 12.8 Å². The molecule has 2 aliphatic rings. The summed E-state index contributed by atoms with van der Waals surface area (Å²) in [5.74, 6) is -1.13. The molecule has 0 saturated carbocycles. The highest BCUT2D eigenvalue weighted by Gasteiger charge is 2.37. The summed E-state index contributed by atoms with van der Waals surface area (Å²) >= 11 is 0. The van der Waals surface area contributed by atoms with Crippen molar-refractivity contribution in [3.63, 3.8) is 0 Å². The van der Waals surface area contributed by atoms with Crippen LogP contribution in [0, 0.1) is 5.92 Å². The van der Waals surface area contributed by atoms with E-state index >= 15 is 0 Å². The number of nitrogens with zero attached hydrogens (tertiary/aromatic N) is 1. The second-order valence-corrected chi connectivity index (χ2v) is 6.22. The van der Waals surface area contributed by atoms with Crippen LogP contribution in [0.4, 0.5) is 0 Å². The molecule has 0 bridgehead atoms. The van der Waals surface area contributed by atoms with E-state index in [1.54, 1.807) is 11.8 Å². The summed E-state index contributed by atoms with van der Waals surface area (Å²) < 4.78 is 0. The Hall–Kier alpha value is -1.92. The first-order valence-corrected chi connectivity index (χ1v) is 7.79. The van der Waals surface area contributed by atoms with Gasteiger partial charge in [-0.05, 0) is 25.7 Å².